The predicted octanol–water partition coefficient (Wildman–Crippen LogP) is 22.2. The Kier molecular flexibility index (Phi) is 61.3. The first kappa shape index (κ1) is 73.1. The molecule has 440 valence electrons. The Morgan fingerprint density at radius 2 is 0.519 bits per heavy atom. The van der Waals surface area contributed by atoms with E-state index in [1.54, 1.807) is 0 Å². The highest BCUT2D eigenvalue weighted by Crippen LogP contribution is 2.16. The maximum Gasteiger partial charge on any atom is 0.306 e. The molecule has 0 aliphatic carbocycles. The van der Waals surface area contributed by atoms with Crippen LogP contribution in [0.25, 0.3) is 0 Å². The highest BCUT2D eigenvalue weighted by molar-refractivity contribution is 5.71. The van der Waals surface area contributed by atoms with Crippen LogP contribution in [0, 0.1) is 0 Å². The highest BCUT2D eigenvalue weighted by atomic mass is 16.6. The van der Waals surface area contributed by atoms with Crippen LogP contribution in [0.2, 0.25) is 0 Å². The Morgan fingerprint density at radius 1 is 0.273 bits per heavy atom. The molecule has 1 unspecified atom stereocenters. The Balaban J connectivity index is 4.43. The van der Waals surface area contributed by atoms with Gasteiger partial charge in [0.05, 0.1) is 0 Å². The Hall–Kier alpha value is -3.93. The van der Waals surface area contributed by atoms with E-state index in [0.29, 0.717) is 19.3 Å². The van der Waals surface area contributed by atoms with E-state index in [-0.39, 0.29) is 37.5 Å². The van der Waals surface area contributed by atoms with Crippen LogP contribution in [0.1, 0.15) is 303 Å². The van der Waals surface area contributed by atoms with Crippen molar-refractivity contribution < 1.29 is 28.6 Å². The van der Waals surface area contributed by atoms with Gasteiger partial charge in [-0.3, -0.25) is 14.4 Å². The molecule has 0 aliphatic rings. The summed E-state index contributed by atoms with van der Waals surface area (Å²) in [6, 6.07) is 0. The lowest BCUT2D eigenvalue weighted by atomic mass is 10.0. The fourth-order valence-corrected chi connectivity index (χ4v) is 8.89. The third kappa shape index (κ3) is 62.8. The molecule has 0 bridgehead atoms. The van der Waals surface area contributed by atoms with Crippen molar-refractivity contribution >= 4 is 17.9 Å². The van der Waals surface area contributed by atoms with E-state index in [2.05, 4.69) is 130 Å². The molecule has 77 heavy (non-hydrogen) atoms. The highest BCUT2D eigenvalue weighted by Gasteiger charge is 2.19. The van der Waals surface area contributed by atoms with Crippen molar-refractivity contribution in [1.82, 2.24) is 0 Å². The normalized spacial score (nSPS) is 12.8. The minimum atomic E-state index is -0.808. The molecule has 6 nitrogen and oxygen atoms in total. The van der Waals surface area contributed by atoms with Gasteiger partial charge in [0.1, 0.15) is 13.2 Å². The van der Waals surface area contributed by atoms with Crippen molar-refractivity contribution in [2.75, 3.05) is 13.2 Å². The summed E-state index contributed by atoms with van der Waals surface area (Å²) in [5, 5.41) is 0. The minimum absolute atomic E-state index is 0.101. The van der Waals surface area contributed by atoms with Crippen molar-refractivity contribution in [3.8, 4) is 0 Å². The second-order valence-corrected chi connectivity index (χ2v) is 21.3. The third-order valence-corrected chi connectivity index (χ3v) is 13.7. The molecule has 0 saturated heterocycles. The topological polar surface area (TPSA) is 78.9 Å². The molecular weight excluding hydrogens is 949 g/mol. The number of rotatable bonds is 58. The van der Waals surface area contributed by atoms with Crippen LogP contribution in [0.5, 0.6) is 0 Å². The van der Waals surface area contributed by atoms with Gasteiger partial charge in [-0.2, -0.15) is 0 Å². The number of carbonyl (C=O) groups excluding carboxylic acids is 3. The summed E-state index contributed by atoms with van der Waals surface area (Å²) in [5.74, 6) is -0.965. The molecule has 0 saturated carbocycles. The van der Waals surface area contributed by atoms with E-state index in [4.69, 9.17) is 14.2 Å². The van der Waals surface area contributed by atoms with Gasteiger partial charge in [0.15, 0.2) is 6.10 Å². The van der Waals surface area contributed by atoms with Gasteiger partial charge in [-0.1, -0.05) is 271 Å². The molecule has 0 aliphatic heterocycles. The van der Waals surface area contributed by atoms with Gasteiger partial charge in [0.2, 0.25) is 0 Å². The van der Waals surface area contributed by atoms with Crippen molar-refractivity contribution in [3.05, 3.63) is 109 Å². The predicted molar refractivity (Wildman–Crippen MR) is 334 cm³/mol. The zero-order valence-corrected chi connectivity index (χ0v) is 50.4. The van der Waals surface area contributed by atoms with E-state index < -0.39 is 6.10 Å². The number of hydrogen-bond acceptors (Lipinski definition) is 6. The van der Waals surface area contributed by atoms with Gasteiger partial charge in [-0.25, -0.2) is 0 Å². The summed E-state index contributed by atoms with van der Waals surface area (Å²) in [7, 11) is 0. The summed E-state index contributed by atoms with van der Waals surface area (Å²) in [6.45, 7) is 6.48. The van der Waals surface area contributed by atoms with Crippen molar-refractivity contribution in [1.29, 1.82) is 0 Å². The monoisotopic (exact) mass is 1070 g/mol. The van der Waals surface area contributed by atoms with Gasteiger partial charge in [-0.05, 0) is 122 Å². The first-order valence-electron chi connectivity index (χ1n) is 32.4. The molecule has 0 aromatic rings. The Labute approximate surface area is 476 Å². The van der Waals surface area contributed by atoms with Crippen LogP contribution >= 0.6 is 0 Å². The lowest BCUT2D eigenvalue weighted by Gasteiger charge is -2.18. The molecule has 1 atom stereocenters. The summed E-state index contributed by atoms with van der Waals surface area (Å²) in [4.78, 5) is 38.3. The number of ether oxygens (including phenoxy) is 3. The smallest absolute Gasteiger partial charge is 0.306 e. The zero-order chi connectivity index (χ0) is 55.7. The average Bonchev–Trinajstić information content (AvgIpc) is 3.43. The summed E-state index contributed by atoms with van der Waals surface area (Å²) < 4.78 is 16.9. The van der Waals surface area contributed by atoms with Crippen molar-refractivity contribution in [2.45, 2.75) is 309 Å². The molecule has 0 heterocycles. The Bertz CT molecular complexity index is 1560. The van der Waals surface area contributed by atoms with Crippen LogP contribution in [0.15, 0.2) is 109 Å². The number of esters is 3. The lowest BCUT2D eigenvalue weighted by Crippen LogP contribution is -2.30. The second-order valence-electron chi connectivity index (χ2n) is 21.3. The third-order valence-electron chi connectivity index (χ3n) is 13.7. The van der Waals surface area contributed by atoms with Crippen LogP contribution in [0.3, 0.4) is 0 Å². The van der Waals surface area contributed by atoms with Gasteiger partial charge >= 0.3 is 17.9 Å². The van der Waals surface area contributed by atoms with Gasteiger partial charge in [0.25, 0.3) is 0 Å². The molecule has 0 fully saturated rings. The minimum Gasteiger partial charge on any atom is -0.462 e. The molecule has 0 spiro atoms. The van der Waals surface area contributed by atoms with Gasteiger partial charge in [-0.15, -0.1) is 0 Å². The van der Waals surface area contributed by atoms with E-state index in [9.17, 15) is 14.4 Å². The van der Waals surface area contributed by atoms with Crippen molar-refractivity contribution in [3.63, 3.8) is 0 Å². The molecule has 0 N–H and O–H groups in total. The van der Waals surface area contributed by atoms with Gasteiger partial charge < -0.3 is 14.2 Å². The standard InChI is InChI=1S/C71H120O6/c1-4-7-10-13-16-19-22-25-27-29-31-33-35-37-39-41-43-46-49-52-55-58-61-64-70(73)76-67-68(66-75-69(72)63-60-57-54-51-48-45-24-21-18-15-12-9-6-3)77-71(74)65-62-59-56-53-50-47-44-42-40-38-36-34-32-30-28-26-23-20-17-14-11-8-5-2/h7,10,16,19,21,24-25,27,30-33,37,39,43,46,52,55,68H,4-6,8-9,11-15,17-18,20,22-23,26,28-29,34-36,38,40-42,44-45,47-51,53-54,56-67H2,1-3H3/b10-7-,19-16-,24-21-,27-25-,32-30-,33-31-,39-37-,46-43-,55-52-. The quantitative estimate of drug-likeness (QED) is 0.0261. The molecule has 6 heteroatoms. The van der Waals surface area contributed by atoms with Crippen LogP contribution in [-0.4, -0.2) is 37.2 Å². The molecule has 0 radical (unpaired) electrons. The molecular formula is C71H120O6. The van der Waals surface area contributed by atoms with Gasteiger partial charge in [0, 0.05) is 19.3 Å². The number of allylic oxidation sites excluding steroid dienone is 18. The fraction of sp³-hybridized carbons (Fsp3) is 0.704. The fourth-order valence-electron chi connectivity index (χ4n) is 8.89. The molecule has 0 aromatic heterocycles. The maximum atomic E-state index is 12.9. The average molecular weight is 1070 g/mol. The Morgan fingerprint density at radius 3 is 0.870 bits per heavy atom. The largest absolute Gasteiger partial charge is 0.462 e. The van der Waals surface area contributed by atoms with Crippen LogP contribution in [0.4, 0.5) is 0 Å². The van der Waals surface area contributed by atoms with Crippen LogP contribution in [-0.2, 0) is 28.6 Å². The first-order chi connectivity index (χ1) is 38.0. The van der Waals surface area contributed by atoms with Crippen molar-refractivity contribution in [2.24, 2.45) is 0 Å². The van der Waals surface area contributed by atoms with E-state index in [0.717, 1.165) is 103 Å². The number of unbranched alkanes of at least 4 members (excludes halogenated alkanes) is 29. The van der Waals surface area contributed by atoms with E-state index >= 15 is 0 Å². The maximum absolute atomic E-state index is 12.9. The van der Waals surface area contributed by atoms with E-state index in [1.807, 2.05) is 0 Å². The summed E-state index contributed by atoms with van der Waals surface area (Å²) >= 11 is 0. The molecule has 0 amide bonds. The first-order valence-corrected chi connectivity index (χ1v) is 32.4. The number of hydrogen-bond donors (Lipinski definition) is 0. The van der Waals surface area contributed by atoms with E-state index in [1.165, 1.54) is 154 Å². The SMILES string of the molecule is CC/C=C\C/C=C\C/C=C\C/C=C\C/C=C\C/C=C\C/C=C\CCCC(=O)OCC(COC(=O)CCCCCCC/C=C\CCCCCC)OC(=O)CCCCCCCCCCCCC/C=C\CCCCCCCCCC. The zero-order valence-electron chi connectivity index (χ0n) is 50.4. The molecule has 0 rings (SSSR count). The van der Waals surface area contributed by atoms with Crippen LogP contribution < -0.4 is 0 Å². The summed E-state index contributed by atoms with van der Waals surface area (Å²) in [6.07, 6.45) is 88.2. The summed E-state index contributed by atoms with van der Waals surface area (Å²) in [5.41, 5.74) is 0. The second kappa shape index (κ2) is 64.6. The number of carbonyl (C=O) groups is 3. The molecule has 0 aromatic carbocycles. The lowest BCUT2D eigenvalue weighted by molar-refractivity contribution is -0.167.